The van der Waals surface area contributed by atoms with Crippen LogP contribution in [-0.4, -0.2) is 23.8 Å². The van der Waals surface area contributed by atoms with Gasteiger partial charge in [-0.1, -0.05) is 24.3 Å². The van der Waals surface area contributed by atoms with Gasteiger partial charge in [0, 0.05) is 19.5 Å². The van der Waals surface area contributed by atoms with Gasteiger partial charge >= 0.3 is 0 Å². The highest BCUT2D eigenvalue weighted by atomic mass is 16.3. The molecule has 15 heavy (non-hydrogen) atoms. The molecule has 2 rings (SSSR count). The molecule has 0 radical (unpaired) electrons. The normalized spacial score (nSPS) is 25.7. The molecule has 1 saturated heterocycles. The molecule has 1 unspecified atom stereocenters. The van der Waals surface area contributed by atoms with Gasteiger partial charge < -0.3 is 16.2 Å². The number of benzene rings is 1. The van der Waals surface area contributed by atoms with Crippen molar-refractivity contribution >= 4 is 0 Å². The summed E-state index contributed by atoms with van der Waals surface area (Å²) >= 11 is 0. The molecule has 0 aromatic heterocycles. The van der Waals surface area contributed by atoms with Crippen LogP contribution in [0.15, 0.2) is 24.3 Å². The highest BCUT2D eigenvalue weighted by molar-refractivity contribution is 5.28. The molecule has 0 aliphatic carbocycles. The summed E-state index contributed by atoms with van der Waals surface area (Å²) in [6.45, 7) is 2.13. The van der Waals surface area contributed by atoms with E-state index in [-0.39, 0.29) is 0 Å². The van der Waals surface area contributed by atoms with Crippen LogP contribution in [-0.2, 0) is 13.0 Å². The van der Waals surface area contributed by atoms with Gasteiger partial charge in [-0.2, -0.15) is 0 Å². The third kappa shape index (κ3) is 2.37. The number of rotatable bonds is 3. The smallest absolute Gasteiger partial charge is 0.0823 e. The second-order valence-electron chi connectivity index (χ2n) is 4.30. The Kier molecular flexibility index (Phi) is 3.05. The Bertz CT molecular complexity index is 332. The minimum Gasteiger partial charge on any atom is -0.388 e. The number of nitrogens with two attached hydrogens (primary N) is 1. The largest absolute Gasteiger partial charge is 0.388 e. The molecule has 1 aromatic carbocycles. The van der Waals surface area contributed by atoms with Crippen LogP contribution in [0.2, 0.25) is 0 Å². The summed E-state index contributed by atoms with van der Waals surface area (Å²) in [4.78, 5) is 0. The lowest BCUT2D eigenvalue weighted by molar-refractivity contribution is 0.0617. The zero-order chi connectivity index (χ0) is 10.7. The van der Waals surface area contributed by atoms with Crippen molar-refractivity contribution in [2.45, 2.75) is 25.0 Å². The van der Waals surface area contributed by atoms with Gasteiger partial charge in [-0.05, 0) is 24.1 Å². The maximum atomic E-state index is 10.3. The summed E-state index contributed by atoms with van der Waals surface area (Å²) in [5.74, 6) is 0. The van der Waals surface area contributed by atoms with Crippen molar-refractivity contribution in [3.05, 3.63) is 35.4 Å². The lowest BCUT2D eigenvalue weighted by Crippen LogP contribution is -2.34. The van der Waals surface area contributed by atoms with Crippen LogP contribution in [0.4, 0.5) is 0 Å². The molecule has 0 amide bonds. The zero-order valence-electron chi connectivity index (χ0n) is 8.87. The molecule has 3 nitrogen and oxygen atoms in total. The lowest BCUT2D eigenvalue weighted by atomic mass is 9.91. The lowest BCUT2D eigenvalue weighted by Gasteiger charge is -2.22. The molecule has 1 aliphatic rings. The molecule has 0 saturated carbocycles. The minimum absolute atomic E-state index is 0.541. The Morgan fingerprint density at radius 3 is 2.67 bits per heavy atom. The molecular formula is C12H18N2O. The molecule has 0 spiro atoms. The summed E-state index contributed by atoms with van der Waals surface area (Å²) in [7, 11) is 0. The van der Waals surface area contributed by atoms with E-state index in [4.69, 9.17) is 5.73 Å². The van der Waals surface area contributed by atoms with Crippen molar-refractivity contribution in [2.75, 3.05) is 13.1 Å². The molecule has 1 aliphatic heterocycles. The molecular weight excluding hydrogens is 188 g/mol. The number of β-amino-alcohol motifs (C(OH)–C–C–N with tert-alkyl or cyclic N) is 1. The Hall–Kier alpha value is -0.900. The topological polar surface area (TPSA) is 58.3 Å². The fourth-order valence-corrected chi connectivity index (χ4v) is 2.17. The first-order valence-electron chi connectivity index (χ1n) is 5.43. The van der Waals surface area contributed by atoms with E-state index in [1.807, 2.05) is 18.2 Å². The van der Waals surface area contributed by atoms with Crippen LogP contribution in [0.25, 0.3) is 0 Å². The molecule has 1 aromatic rings. The van der Waals surface area contributed by atoms with Crippen LogP contribution < -0.4 is 11.1 Å². The first-order chi connectivity index (χ1) is 7.23. The van der Waals surface area contributed by atoms with Crippen LogP contribution in [0.1, 0.15) is 17.5 Å². The summed E-state index contributed by atoms with van der Waals surface area (Å²) in [6.07, 6.45) is 1.53. The molecule has 1 atom stereocenters. The number of hydrogen-bond acceptors (Lipinski definition) is 3. The average Bonchev–Trinajstić information content (AvgIpc) is 2.66. The molecule has 1 fully saturated rings. The third-order valence-corrected chi connectivity index (χ3v) is 3.08. The number of aliphatic hydroxyl groups is 1. The average molecular weight is 206 g/mol. The van der Waals surface area contributed by atoms with Gasteiger partial charge in [0.2, 0.25) is 0 Å². The van der Waals surface area contributed by atoms with Gasteiger partial charge in [0.05, 0.1) is 5.60 Å². The Labute approximate surface area is 90.3 Å². The van der Waals surface area contributed by atoms with E-state index >= 15 is 0 Å². The standard InChI is InChI=1S/C12H18N2O/c13-8-11-4-2-1-3-10(11)7-12(15)5-6-14-9-12/h1-4,14-15H,5-9,13H2. The van der Waals surface area contributed by atoms with Crippen LogP contribution in [0, 0.1) is 0 Å². The second-order valence-corrected chi connectivity index (χ2v) is 4.30. The van der Waals surface area contributed by atoms with Crippen molar-refractivity contribution < 1.29 is 5.11 Å². The highest BCUT2D eigenvalue weighted by Gasteiger charge is 2.31. The van der Waals surface area contributed by atoms with E-state index < -0.39 is 5.60 Å². The number of hydrogen-bond donors (Lipinski definition) is 3. The predicted octanol–water partition coefficient (Wildman–Crippen LogP) is 0.412. The van der Waals surface area contributed by atoms with Gasteiger partial charge in [-0.3, -0.25) is 0 Å². The molecule has 0 bridgehead atoms. The van der Waals surface area contributed by atoms with E-state index in [1.165, 1.54) is 5.56 Å². The quantitative estimate of drug-likeness (QED) is 0.671. The first-order valence-corrected chi connectivity index (χ1v) is 5.43. The molecule has 4 N–H and O–H groups in total. The second kappa shape index (κ2) is 4.31. The van der Waals surface area contributed by atoms with Gasteiger partial charge in [-0.15, -0.1) is 0 Å². The first kappa shape index (κ1) is 10.6. The maximum absolute atomic E-state index is 10.3. The summed E-state index contributed by atoms with van der Waals surface area (Å²) < 4.78 is 0. The van der Waals surface area contributed by atoms with E-state index in [2.05, 4.69) is 11.4 Å². The van der Waals surface area contributed by atoms with Gasteiger partial charge in [0.15, 0.2) is 0 Å². The van der Waals surface area contributed by atoms with Gasteiger partial charge in [0.25, 0.3) is 0 Å². The number of nitrogens with one attached hydrogen (secondary N) is 1. The monoisotopic (exact) mass is 206 g/mol. The van der Waals surface area contributed by atoms with Crippen molar-refractivity contribution in [3.8, 4) is 0 Å². The van der Waals surface area contributed by atoms with E-state index in [9.17, 15) is 5.11 Å². The summed E-state index contributed by atoms with van der Waals surface area (Å²) in [5.41, 5.74) is 7.40. The SMILES string of the molecule is NCc1ccccc1CC1(O)CCNC1. The highest BCUT2D eigenvalue weighted by Crippen LogP contribution is 2.22. The van der Waals surface area contributed by atoms with Crippen molar-refractivity contribution in [2.24, 2.45) is 5.73 Å². The Balaban J connectivity index is 2.16. The van der Waals surface area contributed by atoms with Crippen molar-refractivity contribution in [3.63, 3.8) is 0 Å². The Morgan fingerprint density at radius 2 is 2.07 bits per heavy atom. The maximum Gasteiger partial charge on any atom is 0.0823 e. The van der Waals surface area contributed by atoms with E-state index in [0.717, 1.165) is 18.5 Å². The van der Waals surface area contributed by atoms with Crippen molar-refractivity contribution in [1.29, 1.82) is 0 Å². The van der Waals surface area contributed by atoms with Crippen LogP contribution >= 0.6 is 0 Å². The minimum atomic E-state index is -0.578. The van der Waals surface area contributed by atoms with Crippen LogP contribution in [0.3, 0.4) is 0 Å². The molecule has 82 valence electrons. The third-order valence-electron chi connectivity index (χ3n) is 3.08. The zero-order valence-corrected chi connectivity index (χ0v) is 8.87. The van der Waals surface area contributed by atoms with E-state index in [1.54, 1.807) is 0 Å². The molecule has 1 heterocycles. The van der Waals surface area contributed by atoms with Crippen molar-refractivity contribution in [1.82, 2.24) is 5.32 Å². The fourth-order valence-electron chi connectivity index (χ4n) is 2.17. The van der Waals surface area contributed by atoms with Gasteiger partial charge in [-0.25, -0.2) is 0 Å². The Morgan fingerprint density at radius 1 is 1.33 bits per heavy atom. The van der Waals surface area contributed by atoms with E-state index in [0.29, 0.717) is 19.5 Å². The summed E-state index contributed by atoms with van der Waals surface area (Å²) in [6, 6.07) is 8.07. The molecule has 3 heteroatoms. The van der Waals surface area contributed by atoms with Crippen LogP contribution in [0.5, 0.6) is 0 Å². The fraction of sp³-hybridized carbons (Fsp3) is 0.500. The predicted molar refractivity (Wildman–Crippen MR) is 60.5 cm³/mol. The van der Waals surface area contributed by atoms with Gasteiger partial charge in [0.1, 0.15) is 0 Å². The summed E-state index contributed by atoms with van der Waals surface area (Å²) in [5, 5.41) is 13.5.